The van der Waals surface area contributed by atoms with Crippen molar-refractivity contribution < 1.29 is 0 Å². The van der Waals surface area contributed by atoms with E-state index in [1.807, 2.05) is 24.0 Å². The van der Waals surface area contributed by atoms with Crippen molar-refractivity contribution in [3.63, 3.8) is 0 Å². The Hall–Kier alpha value is -1.10. The second kappa shape index (κ2) is 6.73. The molecule has 1 heterocycles. The SMILES string of the molecule is CCCSCC(NN)c1ccc2cccnc2c1. The summed E-state index contributed by atoms with van der Waals surface area (Å²) in [5.74, 6) is 7.81. The monoisotopic (exact) mass is 261 g/mol. The number of hydrogen-bond donors (Lipinski definition) is 2. The van der Waals surface area contributed by atoms with Gasteiger partial charge in [-0.15, -0.1) is 0 Å². The summed E-state index contributed by atoms with van der Waals surface area (Å²) in [6, 6.07) is 10.6. The molecule has 0 aliphatic rings. The molecular weight excluding hydrogens is 242 g/mol. The Bertz CT molecular complexity index is 501. The van der Waals surface area contributed by atoms with Gasteiger partial charge in [0.1, 0.15) is 0 Å². The fraction of sp³-hybridized carbons (Fsp3) is 0.357. The highest BCUT2D eigenvalue weighted by molar-refractivity contribution is 7.99. The molecule has 0 fully saturated rings. The fourth-order valence-corrected chi connectivity index (χ4v) is 2.87. The second-order valence-electron chi connectivity index (χ2n) is 4.25. The Morgan fingerprint density at radius 2 is 2.28 bits per heavy atom. The van der Waals surface area contributed by atoms with E-state index in [2.05, 4.69) is 41.6 Å². The molecule has 96 valence electrons. The molecule has 1 aromatic carbocycles. The number of nitrogens with zero attached hydrogens (tertiary/aromatic N) is 1. The maximum absolute atomic E-state index is 5.65. The number of pyridine rings is 1. The first-order valence-corrected chi connectivity index (χ1v) is 7.39. The van der Waals surface area contributed by atoms with Crippen molar-refractivity contribution in [3.8, 4) is 0 Å². The molecule has 1 unspecified atom stereocenters. The van der Waals surface area contributed by atoms with E-state index in [0.29, 0.717) is 0 Å². The van der Waals surface area contributed by atoms with Crippen molar-refractivity contribution in [2.24, 2.45) is 5.84 Å². The van der Waals surface area contributed by atoms with E-state index in [4.69, 9.17) is 5.84 Å². The summed E-state index contributed by atoms with van der Waals surface area (Å²) in [6.45, 7) is 2.19. The molecule has 0 saturated heterocycles. The molecule has 1 aromatic heterocycles. The van der Waals surface area contributed by atoms with E-state index in [9.17, 15) is 0 Å². The Morgan fingerprint density at radius 3 is 3.06 bits per heavy atom. The lowest BCUT2D eigenvalue weighted by Crippen LogP contribution is -2.29. The summed E-state index contributed by atoms with van der Waals surface area (Å²) in [4.78, 5) is 4.38. The molecule has 18 heavy (non-hydrogen) atoms. The van der Waals surface area contributed by atoms with Gasteiger partial charge in [-0.05, 0) is 29.9 Å². The number of fused-ring (bicyclic) bond motifs is 1. The Labute approximate surface area is 112 Å². The van der Waals surface area contributed by atoms with Gasteiger partial charge in [0.05, 0.1) is 11.6 Å². The van der Waals surface area contributed by atoms with E-state index in [1.54, 1.807) is 0 Å². The smallest absolute Gasteiger partial charge is 0.0705 e. The minimum atomic E-state index is 0.188. The van der Waals surface area contributed by atoms with Crippen LogP contribution in [0.2, 0.25) is 0 Å². The largest absolute Gasteiger partial charge is 0.271 e. The molecule has 2 rings (SSSR count). The Balaban J connectivity index is 2.17. The maximum atomic E-state index is 5.65. The van der Waals surface area contributed by atoms with Crippen LogP contribution in [-0.2, 0) is 0 Å². The number of hydrogen-bond acceptors (Lipinski definition) is 4. The van der Waals surface area contributed by atoms with E-state index in [1.165, 1.54) is 23.1 Å². The summed E-state index contributed by atoms with van der Waals surface area (Å²) in [5, 5.41) is 1.17. The van der Waals surface area contributed by atoms with Crippen LogP contribution in [0, 0.1) is 0 Å². The molecule has 3 nitrogen and oxygen atoms in total. The first-order chi connectivity index (χ1) is 8.85. The van der Waals surface area contributed by atoms with Gasteiger partial charge in [0.2, 0.25) is 0 Å². The fourth-order valence-electron chi connectivity index (χ4n) is 1.89. The average Bonchev–Trinajstić information content (AvgIpc) is 2.43. The van der Waals surface area contributed by atoms with Crippen LogP contribution >= 0.6 is 11.8 Å². The summed E-state index contributed by atoms with van der Waals surface area (Å²) in [7, 11) is 0. The van der Waals surface area contributed by atoms with E-state index < -0.39 is 0 Å². The zero-order valence-corrected chi connectivity index (χ0v) is 11.4. The molecule has 1 atom stereocenters. The number of aromatic nitrogens is 1. The normalized spacial score (nSPS) is 12.8. The standard InChI is InChI=1S/C14H19N3S/c1-2-8-18-10-14(17-15)12-6-5-11-4-3-7-16-13(11)9-12/h3-7,9,14,17H,2,8,10,15H2,1H3. The van der Waals surface area contributed by atoms with E-state index in [0.717, 1.165) is 11.3 Å². The molecular formula is C14H19N3S. The zero-order valence-electron chi connectivity index (χ0n) is 10.6. The third kappa shape index (κ3) is 3.22. The predicted molar refractivity (Wildman–Crippen MR) is 79.4 cm³/mol. The van der Waals surface area contributed by atoms with E-state index >= 15 is 0 Å². The van der Waals surface area contributed by atoms with Crippen LogP contribution in [0.4, 0.5) is 0 Å². The zero-order chi connectivity index (χ0) is 12.8. The van der Waals surface area contributed by atoms with Crippen LogP contribution in [0.1, 0.15) is 24.9 Å². The van der Waals surface area contributed by atoms with Gasteiger partial charge in [-0.1, -0.05) is 25.1 Å². The molecule has 0 amide bonds. The summed E-state index contributed by atoms with van der Waals surface area (Å²) < 4.78 is 0. The molecule has 0 aliphatic carbocycles. The van der Waals surface area contributed by atoms with E-state index in [-0.39, 0.29) is 6.04 Å². The first kappa shape index (κ1) is 13.3. The summed E-state index contributed by atoms with van der Waals surface area (Å²) >= 11 is 1.92. The number of benzene rings is 1. The molecule has 0 aliphatic heterocycles. The van der Waals surface area contributed by atoms with Crippen LogP contribution in [0.3, 0.4) is 0 Å². The van der Waals surface area contributed by atoms with Crippen LogP contribution in [0.15, 0.2) is 36.5 Å². The van der Waals surface area contributed by atoms with Crippen molar-refractivity contribution in [2.75, 3.05) is 11.5 Å². The topological polar surface area (TPSA) is 50.9 Å². The predicted octanol–water partition coefficient (Wildman–Crippen LogP) is 2.88. The molecule has 0 saturated carbocycles. The minimum Gasteiger partial charge on any atom is -0.271 e. The lowest BCUT2D eigenvalue weighted by Gasteiger charge is -2.16. The Morgan fingerprint density at radius 1 is 1.39 bits per heavy atom. The second-order valence-corrected chi connectivity index (χ2v) is 5.40. The molecule has 0 radical (unpaired) electrons. The van der Waals surface area contributed by atoms with Gasteiger partial charge in [0.15, 0.2) is 0 Å². The molecule has 4 heteroatoms. The molecule has 3 N–H and O–H groups in total. The van der Waals surface area contributed by atoms with Gasteiger partial charge >= 0.3 is 0 Å². The number of hydrazine groups is 1. The van der Waals surface area contributed by atoms with Gasteiger partial charge in [-0.2, -0.15) is 11.8 Å². The maximum Gasteiger partial charge on any atom is 0.0705 e. The van der Waals surface area contributed by atoms with Gasteiger partial charge in [-0.3, -0.25) is 16.3 Å². The van der Waals surface area contributed by atoms with Crippen molar-refractivity contribution in [1.82, 2.24) is 10.4 Å². The van der Waals surface area contributed by atoms with Gasteiger partial charge in [-0.25, -0.2) is 0 Å². The highest BCUT2D eigenvalue weighted by Crippen LogP contribution is 2.21. The van der Waals surface area contributed by atoms with Gasteiger partial charge < -0.3 is 0 Å². The molecule has 0 bridgehead atoms. The number of thioether (sulfide) groups is 1. The Kier molecular flexibility index (Phi) is 4.99. The third-order valence-electron chi connectivity index (χ3n) is 2.87. The number of nitrogens with one attached hydrogen (secondary N) is 1. The quantitative estimate of drug-likeness (QED) is 0.477. The van der Waals surface area contributed by atoms with Crippen LogP contribution in [-0.4, -0.2) is 16.5 Å². The van der Waals surface area contributed by atoms with Crippen molar-refractivity contribution in [3.05, 3.63) is 42.1 Å². The lowest BCUT2D eigenvalue weighted by molar-refractivity contribution is 0.611. The van der Waals surface area contributed by atoms with Crippen LogP contribution < -0.4 is 11.3 Å². The van der Waals surface area contributed by atoms with Gasteiger partial charge in [0.25, 0.3) is 0 Å². The number of nitrogens with two attached hydrogens (primary N) is 1. The highest BCUT2D eigenvalue weighted by atomic mass is 32.2. The summed E-state index contributed by atoms with van der Waals surface area (Å²) in [6.07, 6.45) is 3.02. The third-order valence-corrected chi connectivity index (χ3v) is 4.13. The first-order valence-electron chi connectivity index (χ1n) is 6.23. The van der Waals surface area contributed by atoms with Crippen molar-refractivity contribution in [2.45, 2.75) is 19.4 Å². The van der Waals surface area contributed by atoms with Crippen molar-refractivity contribution >= 4 is 22.7 Å². The summed E-state index contributed by atoms with van der Waals surface area (Å²) in [5.41, 5.74) is 5.12. The highest BCUT2D eigenvalue weighted by Gasteiger charge is 2.10. The van der Waals surface area contributed by atoms with Crippen molar-refractivity contribution in [1.29, 1.82) is 0 Å². The lowest BCUT2D eigenvalue weighted by atomic mass is 10.1. The average molecular weight is 261 g/mol. The van der Waals surface area contributed by atoms with Crippen LogP contribution in [0.25, 0.3) is 10.9 Å². The van der Waals surface area contributed by atoms with Gasteiger partial charge in [0, 0.05) is 17.3 Å². The molecule has 2 aromatic rings. The van der Waals surface area contributed by atoms with Crippen LogP contribution in [0.5, 0.6) is 0 Å². The minimum absolute atomic E-state index is 0.188. The molecule has 0 spiro atoms. The number of rotatable bonds is 6.